The van der Waals surface area contributed by atoms with E-state index in [1.54, 1.807) is 30.3 Å². The van der Waals surface area contributed by atoms with Crippen LogP contribution in [0.25, 0.3) is 0 Å². The summed E-state index contributed by atoms with van der Waals surface area (Å²) >= 11 is 7.77. The molecule has 1 N–H and O–H groups in total. The van der Waals surface area contributed by atoms with Crippen LogP contribution in [0.15, 0.2) is 59.5 Å². The largest absolute Gasteiger partial charge is 0.354 e. The van der Waals surface area contributed by atoms with Crippen molar-refractivity contribution >= 4 is 45.0 Å². The van der Waals surface area contributed by atoms with E-state index in [1.807, 2.05) is 11.8 Å². The SMILES string of the molecule is O=C(CN(c1ccccc1)S(=O)(=O)c1ccc(Cl)cc1)NCCSC1CCCC1. The number of carbonyl (C=O) groups excluding carboxylic acids is 1. The molecule has 29 heavy (non-hydrogen) atoms. The summed E-state index contributed by atoms with van der Waals surface area (Å²) in [7, 11) is -3.90. The molecule has 1 saturated carbocycles. The van der Waals surface area contributed by atoms with Crippen LogP contribution in [0.4, 0.5) is 5.69 Å². The van der Waals surface area contributed by atoms with Crippen molar-refractivity contribution in [1.29, 1.82) is 0 Å². The topological polar surface area (TPSA) is 66.5 Å². The van der Waals surface area contributed by atoms with Crippen molar-refractivity contribution in [2.75, 3.05) is 23.1 Å². The molecule has 156 valence electrons. The third-order valence-corrected chi connectivity index (χ3v) is 8.24. The predicted molar refractivity (Wildman–Crippen MR) is 120 cm³/mol. The second-order valence-corrected chi connectivity index (χ2v) is 10.6. The highest BCUT2D eigenvalue weighted by Gasteiger charge is 2.27. The summed E-state index contributed by atoms with van der Waals surface area (Å²) in [6.07, 6.45) is 5.08. The van der Waals surface area contributed by atoms with Gasteiger partial charge in [0.2, 0.25) is 5.91 Å². The number of para-hydroxylation sites is 1. The number of carbonyl (C=O) groups is 1. The molecule has 0 radical (unpaired) electrons. The zero-order chi connectivity index (χ0) is 20.7. The van der Waals surface area contributed by atoms with Crippen molar-refractivity contribution in [2.45, 2.75) is 35.8 Å². The van der Waals surface area contributed by atoms with E-state index in [2.05, 4.69) is 5.32 Å². The molecule has 0 unspecified atom stereocenters. The van der Waals surface area contributed by atoms with Crippen LogP contribution in [0.1, 0.15) is 25.7 Å². The van der Waals surface area contributed by atoms with Crippen molar-refractivity contribution in [3.8, 4) is 0 Å². The minimum Gasteiger partial charge on any atom is -0.354 e. The van der Waals surface area contributed by atoms with Crippen molar-refractivity contribution in [2.24, 2.45) is 0 Å². The fraction of sp³-hybridized carbons (Fsp3) is 0.381. The number of nitrogens with one attached hydrogen (secondary N) is 1. The summed E-state index contributed by atoms with van der Waals surface area (Å²) in [4.78, 5) is 12.6. The maximum Gasteiger partial charge on any atom is 0.264 e. The van der Waals surface area contributed by atoms with E-state index in [0.29, 0.717) is 22.5 Å². The van der Waals surface area contributed by atoms with Gasteiger partial charge in [0, 0.05) is 22.6 Å². The first-order chi connectivity index (χ1) is 14.0. The summed E-state index contributed by atoms with van der Waals surface area (Å²) in [5.41, 5.74) is 0.443. The van der Waals surface area contributed by atoms with Crippen LogP contribution in [-0.4, -0.2) is 38.4 Å². The average molecular weight is 453 g/mol. The molecule has 0 aromatic heterocycles. The number of benzene rings is 2. The number of amides is 1. The first kappa shape index (κ1) is 22.0. The van der Waals surface area contributed by atoms with Crippen LogP contribution >= 0.6 is 23.4 Å². The van der Waals surface area contributed by atoms with E-state index in [4.69, 9.17) is 11.6 Å². The minimum atomic E-state index is -3.90. The Morgan fingerprint density at radius 2 is 1.72 bits per heavy atom. The van der Waals surface area contributed by atoms with Gasteiger partial charge in [-0.2, -0.15) is 11.8 Å². The number of nitrogens with zero attached hydrogens (tertiary/aromatic N) is 1. The van der Waals surface area contributed by atoms with Crippen LogP contribution < -0.4 is 9.62 Å². The van der Waals surface area contributed by atoms with Gasteiger partial charge in [0.25, 0.3) is 10.0 Å². The van der Waals surface area contributed by atoms with Gasteiger partial charge in [-0.3, -0.25) is 9.10 Å². The third-order valence-electron chi connectivity index (χ3n) is 4.81. The lowest BCUT2D eigenvalue weighted by atomic mass is 10.3. The van der Waals surface area contributed by atoms with E-state index < -0.39 is 10.0 Å². The molecule has 3 rings (SSSR count). The van der Waals surface area contributed by atoms with Crippen molar-refractivity contribution in [3.05, 3.63) is 59.6 Å². The maximum absolute atomic E-state index is 13.2. The number of hydrogen-bond donors (Lipinski definition) is 1. The van der Waals surface area contributed by atoms with E-state index in [0.717, 1.165) is 10.1 Å². The molecule has 2 aromatic rings. The highest BCUT2D eigenvalue weighted by Crippen LogP contribution is 2.29. The highest BCUT2D eigenvalue weighted by molar-refractivity contribution is 7.99. The molecule has 2 aromatic carbocycles. The molecular weight excluding hydrogens is 428 g/mol. The van der Waals surface area contributed by atoms with E-state index in [9.17, 15) is 13.2 Å². The van der Waals surface area contributed by atoms with Gasteiger partial charge in [0.1, 0.15) is 6.54 Å². The molecule has 0 heterocycles. The van der Waals surface area contributed by atoms with Crippen LogP contribution in [0.5, 0.6) is 0 Å². The predicted octanol–water partition coefficient (Wildman–Crippen LogP) is 4.33. The summed E-state index contributed by atoms with van der Waals surface area (Å²) in [5, 5.41) is 4.00. The molecule has 0 bridgehead atoms. The minimum absolute atomic E-state index is 0.0929. The Morgan fingerprint density at radius 3 is 2.38 bits per heavy atom. The van der Waals surface area contributed by atoms with Gasteiger partial charge in [-0.25, -0.2) is 8.42 Å². The van der Waals surface area contributed by atoms with Gasteiger partial charge in [-0.05, 0) is 49.2 Å². The van der Waals surface area contributed by atoms with Gasteiger partial charge < -0.3 is 5.32 Å². The normalized spacial score (nSPS) is 14.7. The number of sulfonamides is 1. The number of halogens is 1. The van der Waals surface area contributed by atoms with Gasteiger partial charge in [-0.15, -0.1) is 0 Å². The number of rotatable bonds is 9. The number of hydrogen-bond acceptors (Lipinski definition) is 4. The van der Waals surface area contributed by atoms with Crippen molar-refractivity contribution in [3.63, 3.8) is 0 Å². The first-order valence-corrected chi connectivity index (χ1v) is 12.5. The molecule has 8 heteroatoms. The van der Waals surface area contributed by atoms with Gasteiger partial charge in [0.05, 0.1) is 10.6 Å². The van der Waals surface area contributed by atoms with Crippen molar-refractivity contribution < 1.29 is 13.2 Å². The summed E-state index contributed by atoms with van der Waals surface area (Å²) < 4.78 is 27.5. The number of anilines is 1. The molecule has 1 aliphatic carbocycles. The Labute approximate surface area is 181 Å². The monoisotopic (exact) mass is 452 g/mol. The van der Waals surface area contributed by atoms with Crippen LogP contribution in [0, 0.1) is 0 Å². The fourth-order valence-corrected chi connectivity index (χ4v) is 6.07. The second-order valence-electron chi connectivity index (χ2n) is 6.93. The lowest BCUT2D eigenvalue weighted by Gasteiger charge is -2.24. The molecule has 1 fully saturated rings. The maximum atomic E-state index is 13.2. The molecule has 0 atom stereocenters. The quantitative estimate of drug-likeness (QED) is 0.575. The lowest BCUT2D eigenvalue weighted by molar-refractivity contribution is -0.119. The van der Waals surface area contributed by atoms with Gasteiger partial charge in [-0.1, -0.05) is 42.6 Å². The van der Waals surface area contributed by atoms with Crippen LogP contribution in [0.3, 0.4) is 0 Å². The highest BCUT2D eigenvalue weighted by atomic mass is 35.5. The Hall–Kier alpha value is -1.70. The lowest BCUT2D eigenvalue weighted by Crippen LogP contribution is -2.41. The summed E-state index contributed by atoms with van der Waals surface area (Å²) in [6.45, 7) is 0.257. The summed E-state index contributed by atoms with van der Waals surface area (Å²) in [6, 6.07) is 14.6. The molecular formula is C21H25ClN2O3S2. The summed E-state index contributed by atoms with van der Waals surface area (Å²) in [5.74, 6) is 0.518. The van der Waals surface area contributed by atoms with E-state index in [1.165, 1.54) is 49.9 Å². The Kier molecular flexibility index (Phi) is 7.86. The Bertz CT molecular complexity index is 899. The molecule has 0 spiro atoms. The molecule has 0 aliphatic heterocycles. The van der Waals surface area contributed by atoms with Gasteiger partial charge in [0.15, 0.2) is 0 Å². The molecule has 1 aliphatic rings. The Morgan fingerprint density at radius 1 is 1.07 bits per heavy atom. The number of thioether (sulfide) groups is 1. The molecule has 0 saturated heterocycles. The zero-order valence-electron chi connectivity index (χ0n) is 16.1. The van der Waals surface area contributed by atoms with Crippen LogP contribution in [0.2, 0.25) is 5.02 Å². The Balaban J connectivity index is 1.67. The van der Waals surface area contributed by atoms with Crippen molar-refractivity contribution in [1.82, 2.24) is 5.32 Å². The standard InChI is InChI=1S/C21H25ClN2O3S2/c22-17-10-12-20(13-11-17)29(26,27)24(18-6-2-1-3-7-18)16-21(25)23-14-15-28-19-8-4-5-9-19/h1-3,6-7,10-13,19H,4-5,8-9,14-16H2,(H,23,25). The first-order valence-electron chi connectivity index (χ1n) is 9.68. The smallest absolute Gasteiger partial charge is 0.264 e. The molecule has 5 nitrogen and oxygen atoms in total. The average Bonchev–Trinajstić information content (AvgIpc) is 3.24. The third kappa shape index (κ3) is 6.14. The van der Waals surface area contributed by atoms with E-state index in [-0.39, 0.29) is 17.3 Å². The fourth-order valence-electron chi connectivity index (χ4n) is 3.30. The van der Waals surface area contributed by atoms with Crippen LogP contribution in [-0.2, 0) is 14.8 Å². The molecule has 1 amide bonds. The van der Waals surface area contributed by atoms with E-state index >= 15 is 0 Å². The zero-order valence-corrected chi connectivity index (χ0v) is 18.5. The van der Waals surface area contributed by atoms with Gasteiger partial charge >= 0.3 is 0 Å². The second kappa shape index (κ2) is 10.4.